The van der Waals surface area contributed by atoms with Gasteiger partial charge in [0.1, 0.15) is 0 Å². The van der Waals surface area contributed by atoms with E-state index in [9.17, 15) is 4.79 Å². The van der Waals surface area contributed by atoms with Gasteiger partial charge in [-0.1, -0.05) is 50.2 Å². The van der Waals surface area contributed by atoms with Gasteiger partial charge in [-0.3, -0.25) is 4.79 Å². The topological polar surface area (TPSA) is 38.8 Å². The second kappa shape index (κ2) is 7.70. The van der Waals surface area contributed by atoms with Crippen molar-refractivity contribution in [3.8, 4) is 11.5 Å². The van der Waals surface area contributed by atoms with Gasteiger partial charge in [-0.05, 0) is 58.4 Å². The minimum absolute atomic E-state index is 0.0658. The van der Waals surface area contributed by atoms with Crippen molar-refractivity contribution in [2.24, 2.45) is 5.41 Å². The summed E-state index contributed by atoms with van der Waals surface area (Å²) in [6.45, 7) is 7.57. The summed E-state index contributed by atoms with van der Waals surface area (Å²) in [6, 6.07) is 18.8. The summed E-state index contributed by atoms with van der Waals surface area (Å²) in [5.41, 5.74) is 5.37. The molecule has 0 saturated heterocycles. The zero-order valence-electron chi connectivity index (χ0n) is 19.2. The number of methoxy groups -OCH3 is 1. The molecule has 32 heavy (non-hydrogen) atoms. The van der Waals surface area contributed by atoms with Gasteiger partial charge < -0.3 is 14.4 Å². The lowest BCUT2D eigenvalue weighted by atomic mass is 9.71. The Morgan fingerprint density at radius 2 is 1.81 bits per heavy atom. The van der Waals surface area contributed by atoms with Crippen LogP contribution in [0.15, 0.2) is 60.3 Å². The fourth-order valence-electron chi connectivity index (χ4n) is 5.21. The normalized spacial score (nSPS) is 17.2. The minimum Gasteiger partial charge on any atom is -0.493 e. The molecule has 0 bridgehead atoms. The Hall–Kier alpha value is -3.27. The summed E-state index contributed by atoms with van der Waals surface area (Å²) in [4.78, 5) is 15.7. The van der Waals surface area contributed by atoms with Gasteiger partial charge in [0.25, 0.3) is 0 Å². The first-order valence-corrected chi connectivity index (χ1v) is 11.3. The molecule has 2 aliphatic rings. The number of fused-ring (bicyclic) bond motifs is 4. The van der Waals surface area contributed by atoms with Crippen molar-refractivity contribution in [3.05, 3.63) is 71.4 Å². The molecular weight excluding hydrogens is 398 g/mol. The van der Waals surface area contributed by atoms with Gasteiger partial charge in [-0.15, -0.1) is 0 Å². The van der Waals surface area contributed by atoms with Crippen LogP contribution in [0.3, 0.4) is 0 Å². The van der Waals surface area contributed by atoms with Crippen LogP contribution in [0.5, 0.6) is 11.5 Å². The van der Waals surface area contributed by atoms with Crippen molar-refractivity contribution in [2.45, 2.75) is 40.2 Å². The van der Waals surface area contributed by atoms with E-state index in [0.717, 1.165) is 23.4 Å². The van der Waals surface area contributed by atoms with Gasteiger partial charge in [-0.2, -0.15) is 0 Å². The molecule has 0 saturated carbocycles. The van der Waals surface area contributed by atoms with E-state index in [2.05, 4.69) is 55.1 Å². The SMILES string of the molecule is CCOc1ccc(N2Cc3ccc4ccccc4c3C3=C2C(=O)CC(C)(C)C3)cc1OC. The number of hydrogen-bond donors (Lipinski definition) is 0. The molecule has 0 radical (unpaired) electrons. The quantitative estimate of drug-likeness (QED) is 0.485. The molecule has 164 valence electrons. The Bertz CT molecular complexity index is 1250. The second-order valence-electron chi connectivity index (χ2n) is 9.44. The molecule has 0 N–H and O–H groups in total. The molecule has 0 fully saturated rings. The number of hydrogen-bond acceptors (Lipinski definition) is 4. The molecular formula is C28H29NO3. The third-order valence-electron chi connectivity index (χ3n) is 6.52. The van der Waals surface area contributed by atoms with Gasteiger partial charge in [0, 0.05) is 24.7 Å². The first kappa shape index (κ1) is 20.6. The number of ketones is 1. The van der Waals surface area contributed by atoms with Crippen LogP contribution in [0, 0.1) is 5.41 Å². The van der Waals surface area contributed by atoms with E-state index in [1.165, 1.54) is 21.9 Å². The monoisotopic (exact) mass is 427 g/mol. The molecule has 0 spiro atoms. The van der Waals surface area contributed by atoms with Crippen LogP contribution in [0.1, 0.15) is 44.7 Å². The predicted octanol–water partition coefficient (Wildman–Crippen LogP) is 6.37. The van der Waals surface area contributed by atoms with Crippen LogP contribution in [-0.4, -0.2) is 19.5 Å². The maximum Gasteiger partial charge on any atom is 0.180 e. The predicted molar refractivity (Wildman–Crippen MR) is 129 cm³/mol. The second-order valence-corrected chi connectivity index (χ2v) is 9.44. The summed E-state index contributed by atoms with van der Waals surface area (Å²) in [7, 11) is 1.65. The van der Waals surface area contributed by atoms with Crippen LogP contribution >= 0.6 is 0 Å². The average Bonchev–Trinajstić information content (AvgIpc) is 2.77. The lowest BCUT2D eigenvalue weighted by Crippen LogP contribution is -2.38. The molecule has 4 heteroatoms. The number of carbonyl (C=O) groups excluding carboxylic acids is 1. The summed E-state index contributed by atoms with van der Waals surface area (Å²) in [6.07, 6.45) is 1.43. The Morgan fingerprint density at radius 3 is 2.59 bits per heavy atom. The van der Waals surface area contributed by atoms with Crippen molar-refractivity contribution in [1.29, 1.82) is 0 Å². The number of nitrogens with zero attached hydrogens (tertiary/aromatic N) is 1. The molecule has 3 aromatic carbocycles. The van der Waals surface area contributed by atoms with Gasteiger partial charge in [0.2, 0.25) is 0 Å². The molecule has 0 unspecified atom stereocenters. The van der Waals surface area contributed by atoms with Gasteiger partial charge in [0.05, 0.1) is 19.4 Å². The Labute approximate surface area is 189 Å². The first-order chi connectivity index (χ1) is 15.4. The van der Waals surface area contributed by atoms with E-state index >= 15 is 0 Å². The molecule has 3 aromatic rings. The van der Waals surface area contributed by atoms with Crippen LogP contribution in [0.25, 0.3) is 16.3 Å². The Kier molecular flexibility index (Phi) is 4.96. The Balaban J connectivity index is 1.73. The van der Waals surface area contributed by atoms with Crippen molar-refractivity contribution in [1.82, 2.24) is 0 Å². The number of benzene rings is 3. The van der Waals surface area contributed by atoms with Gasteiger partial charge in [0.15, 0.2) is 17.3 Å². The molecule has 0 amide bonds. The van der Waals surface area contributed by atoms with Crippen LogP contribution in [-0.2, 0) is 11.3 Å². The van der Waals surface area contributed by atoms with E-state index in [1.54, 1.807) is 7.11 Å². The third kappa shape index (κ3) is 3.35. The Morgan fingerprint density at radius 1 is 1.00 bits per heavy atom. The maximum absolute atomic E-state index is 13.5. The maximum atomic E-state index is 13.5. The highest BCUT2D eigenvalue weighted by Crippen LogP contribution is 2.49. The molecule has 1 aliphatic carbocycles. The number of allylic oxidation sites excluding steroid dienone is 2. The number of Topliss-reactive ketones (excluding diaryl/α,β-unsaturated/α-hetero) is 1. The molecule has 4 nitrogen and oxygen atoms in total. The lowest BCUT2D eigenvalue weighted by Gasteiger charge is -2.41. The molecule has 1 aliphatic heterocycles. The highest BCUT2D eigenvalue weighted by molar-refractivity contribution is 6.11. The number of ether oxygens (including phenoxy) is 2. The highest BCUT2D eigenvalue weighted by Gasteiger charge is 2.40. The smallest absolute Gasteiger partial charge is 0.180 e. The molecule has 0 aromatic heterocycles. The average molecular weight is 428 g/mol. The molecule has 5 rings (SSSR count). The fourth-order valence-corrected chi connectivity index (χ4v) is 5.21. The van der Waals surface area contributed by atoms with Crippen LogP contribution in [0.2, 0.25) is 0 Å². The van der Waals surface area contributed by atoms with E-state index in [1.807, 2.05) is 25.1 Å². The van der Waals surface area contributed by atoms with Gasteiger partial charge >= 0.3 is 0 Å². The third-order valence-corrected chi connectivity index (χ3v) is 6.52. The van der Waals surface area contributed by atoms with E-state index in [-0.39, 0.29) is 11.2 Å². The van der Waals surface area contributed by atoms with Crippen molar-refractivity contribution in [2.75, 3.05) is 18.6 Å². The van der Waals surface area contributed by atoms with Crippen molar-refractivity contribution < 1.29 is 14.3 Å². The first-order valence-electron chi connectivity index (χ1n) is 11.3. The van der Waals surface area contributed by atoms with Gasteiger partial charge in [-0.25, -0.2) is 0 Å². The standard InChI is InChI=1S/C28H29NO3/c1-5-32-24-13-12-20(14-25(24)31-4)29-17-19-11-10-18-8-6-7-9-21(18)26(19)22-15-28(2,3)16-23(30)27(22)29/h6-14H,5,15-17H2,1-4H3. The number of anilines is 1. The fraction of sp³-hybridized carbons (Fsp3) is 0.321. The van der Waals surface area contributed by atoms with Crippen LogP contribution in [0.4, 0.5) is 5.69 Å². The van der Waals surface area contributed by atoms with Crippen molar-refractivity contribution >= 4 is 27.8 Å². The van der Waals surface area contributed by atoms with Crippen molar-refractivity contribution in [3.63, 3.8) is 0 Å². The summed E-state index contributed by atoms with van der Waals surface area (Å²) in [5, 5.41) is 2.44. The molecule has 0 atom stereocenters. The summed E-state index contributed by atoms with van der Waals surface area (Å²) in [5.74, 6) is 1.61. The van der Waals surface area contributed by atoms with E-state index in [4.69, 9.17) is 9.47 Å². The van der Waals surface area contributed by atoms with E-state index < -0.39 is 0 Å². The lowest BCUT2D eigenvalue weighted by molar-refractivity contribution is -0.117. The summed E-state index contributed by atoms with van der Waals surface area (Å²) >= 11 is 0. The zero-order chi connectivity index (χ0) is 22.5. The number of carbonyl (C=O) groups is 1. The number of rotatable bonds is 4. The summed E-state index contributed by atoms with van der Waals surface area (Å²) < 4.78 is 11.3. The highest BCUT2D eigenvalue weighted by atomic mass is 16.5. The largest absolute Gasteiger partial charge is 0.493 e. The minimum atomic E-state index is -0.0658. The molecule has 1 heterocycles. The van der Waals surface area contributed by atoms with Crippen LogP contribution < -0.4 is 14.4 Å². The van der Waals surface area contributed by atoms with E-state index in [0.29, 0.717) is 31.1 Å². The zero-order valence-corrected chi connectivity index (χ0v) is 19.2.